The molecule has 66 valence electrons. The van der Waals surface area contributed by atoms with E-state index in [1.54, 1.807) is 0 Å². The molecular formula is C3H3Cl3O4S. The highest BCUT2D eigenvalue weighted by Gasteiger charge is 2.61. The first-order chi connectivity index (χ1) is 4.66. The summed E-state index contributed by atoms with van der Waals surface area (Å²) in [6.45, 7) is 1.21. The molecule has 1 rings (SSSR count). The van der Waals surface area contributed by atoms with Crippen molar-refractivity contribution in [3.05, 3.63) is 0 Å². The van der Waals surface area contributed by atoms with Crippen LogP contribution in [0.15, 0.2) is 0 Å². The predicted octanol–water partition coefficient (Wildman–Crippen LogP) is 1.36. The molecule has 0 bridgehead atoms. The number of halogens is 3. The van der Waals surface area contributed by atoms with Crippen molar-refractivity contribution in [2.24, 2.45) is 0 Å². The summed E-state index contributed by atoms with van der Waals surface area (Å²) in [5.41, 5.74) is 0. The molecule has 0 aliphatic carbocycles. The molecule has 0 saturated carbocycles. The first-order valence-electron chi connectivity index (χ1n) is 2.39. The topological polar surface area (TPSA) is 52.6 Å². The third-order valence-corrected chi connectivity index (χ3v) is 3.11. The molecule has 1 aliphatic heterocycles. The predicted molar refractivity (Wildman–Crippen MR) is 39.8 cm³/mol. The molecule has 11 heavy (non-hydrogen) atoms. The zero-order chi connectivity index (χ0) is 8.91. The first-order valence-corrected chi connectivity index (χ1v) is 4.86. The van der Waals surface area contributed by atoms with Gasteiger partial charge in [-0.3, -0.25) is 0 Å². The summed E-state index contributed by atoms with van der Waals surface area (Å²) in [6, 6.07) is 0. The number of rotatable bonds is 0. The van der Waals surface area contributed by atoms with Crippen molar-refractivity contribution in [3.63, 3.8) is 0 Å². The second-order valence-electron chi connectivity index (χ2n) is 2.02. The quantitative estimate of drug-likeness (QED) is 0.601. The van der Waals surface area contributed by atoms with Crippen molar-refractivity contribution < 1.29 is 16.8 Å². The zero-order valence-electron chi connectivity index (χ0n) is 5.18. The second-order valence-corrected chi connectivity index (χ2v) is 5.45. The summed E-state index contributed by atoms with van der Waals surface area (Å²) in [4.78, 5) is 0. The van der Waals surface area contributed by atoms with E-state index >= 15 is 0 Å². The lowest BCUT2D eigenvalue weighted by atomic mass is 10.4. The summed E-state index contributed by atoms with van der Waals surface area (Å²) in [7, 11) is -3.93. The molecular weight excluding hydrogens is 238 g/mol. The summed E-state index contributed by atoms with van der Waals surface area (Å²) < 4.78 is 27.2. The molecule has 1 heterocycles. The van der Waals surface area contributed by atoms with E-state index in [4.69, 9.17) is 34.8 Å². The Balaban J connectivity index is 2.79. The minimum Gasteiger partial charge on any atom is -0.207 e. The van der Waals surface area contributed by atoms with Gasteiger partial charge in [0, 0.05) is 0 Å². The van der Waals surface area contributed by atoms with Gasteiger partial charge in [-0.15, -0.1) is 0 Å². The van der Waals surface area contributed by atoms with Gasteiger partial charge in [0.05, 0.1) is 0 Å². The van der Waals surface area contributed by atoms with Crippen LogP contribution < -0.4 is 0 Å². The lowest BCUT2D eigenvalue weighted by Crippen LogP contribution is -2.56. The van der Waals surface area contributed by atoms with Crippen LogP contribution in [0.4, 0.5) is 0 Å². The highest BCUT2D eigenvalue weighted by Crippen LogP contribution is 2.48. The van der Waals surface area contributed by atoms with Crippen LogP contribution in [0, 0.1) is 0 Å². The smallest absolute Gasteiger partial charge is 0.207 e. The third kappa shape index (κ3) is 1.74. The largest absolute Gasteiger partial charge is 0.405 e. The molecule has 1 saturated heterocycles. The maximum absolute atomic E-state index is 10.3. The van der Waals surface area contributed by atoms with Crippen LogP contribution >= 0.6 is 34.8 Å². The van der Waals surface area contributed by atoms with Crippen molar-refractivity contribution in [3.8, 4) is 0 Å². The molecule has 4 nitrogen and oxygen atoms in total. The molecule has 0 atom stereocenters. The highest BCUT2D eigenvalue weighted by atomic mass is 35.6. The van der Waals surface area contributed by atoms with E-state index in [0.717, 1.165) is 0 Å². The van der Waals surface area contributed by atoms with Crippen LogP contribution in [0.1, 0.15) is 6.92 Å². The summed E-state index contributed by atoms with van der Waals surface area (Å²) in [5, 5.41) is 0. The minimum atomic E-state index is -3.93. The molecule has 0 aromatic heterocycles. The minimum absolute atomic E-state index is 1.21. The Hall–Kier alpha value is 0.740. The van der Waals surface area contributed by atoms with E-state index in [9.17, 15) is 8.42 Å². The maximum Gasteiger partial charge on any atom is 0.405 e. The molecule has 0 aromatic rings. The van der Waals surface area contributed by atoms with Gasteiger partial charge in [-0.1, -0.05) is 34.8 Å². The van der Waals surface area contributed by atoms with Gasteiger partial charge in [0.2, 0.25) is 3.79 Å². The summed E-state index contributed by atoms with van der Waals surface area (Å²) in [5.74, 6) is -1.70. The van der Waals surface area contributed by atoms with Gasteiger partial charge in [-0.2, -0.15) is 8.42 Å². The Kier molecular flexibility index (Phi) is 2.12. The Labute approximate surface area is 78.6 Å². The van der Waals surface area contributed by atoms with Crippen LogP contribution in [0.3, 0.4) is 0 Å². The van der Waals surface area contributed by atoms with Gasteiger partial charge in [0.1, 0.15) is 0 Å². The van der Waals surface area contributed by atoms with Gasteiger partial charge >= 0.3 is 10.4 Å². The summed E-state index contributed by atoms with van der Waals surface area (Å²) in [6.07, 6.45) is 0. The van der Waals surface area contributed by atoms with Crippen LogP contribution in [0.2, 0.25) is 0 Å². The van der Waals surface area contributed by atoms with E-state index in [1.165, 1.54) is 6.92 Å². The first kappa shape index (κ1) is 9.83. The second kappa shape index (κ2) is 2.37. The Bertz CT molecular complexity index is 253. The molecule has 8 heteroatoms. The fraction of sp³-hybridized carbons (Fsp3) is 1.00. The van der Waals surface area contributed by atoms with Gasteiger partial charge in [-0.05, 0) is 6.92 Å². The monoisotopic (exact) mass is 240 g/mol. The van der Waals surface area contributed by atoms with Crippen LogP contribution in [0.25, 0.3) is 0 Å². The molecule has 0 amide bonds. The Morgan fingerprint density at radius 3 is 1.73 bits per heavy atom. The van der Waals surface area contributed by atoms with E-state index in [2.05, 4.69) is 8.37 Å². The normalized spacial score (nSPS) is 27.6. The van der Waals surface area contributed by atoms with E-state index in [1.807, 2.05) is 0 Å². The Morgan fingerprint density at radius 2 is 1.64 bits per heavy atom. The summed E-state index contributed by atoms with van der Waals surface area (Å²) >= 11 is 16.0. The standard InChI is InChI=1S/C3H3Cl3O4S/c1-2(3(4,5)6)9-11(7,8)10-2/h1H3. The highest BCUT2D eigenvalue weighted by molar-refractivity contribution is 7.82. The number of hydrogen-bond acceptors (Lipinski definition) is 4. The van der Waals surface area contributed by atoms with Crippen molar-refractivity contribution in [2.45, 2.75) is 16.5 Å². The molecule has 1 fully saturated rings. The van der Waals surface area contributed by atoms with Crippen molar-refractivity contribution in [1.29, 1.82) is 0 Å². The van der Waals surface area contributed by atoms with Gasteiger partial charge in [0.15, 0.2) is 0 Å². The lowest BCUT2D eigenvalue weighted by Gasteiger charge is -2.40. The molecule has 0 spiro atoms. The van der Waals surface area contributed by atoms with E-state index < -0.39 is 20.0 Å². The fourth-order valence-electron chi connectivity index (χ4n) is 0.490. The average molecular weight is 241 g/mol. The van der Waals surface area contributed by atoms with E-state index in [-0.39, 0.29) is 0 Å². The van der Waals surface area contributed by atoms with Crippen molar-refractivity contribution >= 4 is 45.2 Å². The number of hydrogen-bond donors (Lipinski definition) is 0. The van der Waals surface area contributed by atoms with Crippen LogP contribution in [-0.4, -0.2) is 18.0 Å². The SMILES string of the molecule is CC1(C(Cl)(Cl)Cl)OS(=O)(=O)O1. The molecule has 0 radical (unpaired) electrons. The third-order valence-electron chi connectivity index (χ3n) is 1.04. The zero-order valence-corrected chi connectivity index (χ0v) is 8.26. The molecule has 0 N–H and O–H groups in total. The molecule has 0 unspecified atom stereocenters. The lowest BCUT2D eigenvalue weighted by molar-refractivity contribution is -0.169. The van der Waals surface area contributed by atoms with Crippen molar-refractivity contribution in [1.82, 2.24) is 0 Å². The number of alkyl halides is 3. The van der Waals surface area contributed by atoms with Crippen LogP contribution in [-0.2, 0) is 18.8 Å². The Morgan fingerprint density at radius 1 is 1.27 bits per heavy atom. The van der Waals surface area contributed by atoms with Gasteiger partial charge < -0.3 is 0 Å². The van der Waals surface area contributed by atoms with Crippen molar-refractivity contribution in [2.75, 3.05) is 0 Å². The molecule has 0 aromatic carbocycles. The maximum atomic E-state index is 10.3. The molecule has 1 aliphatic rings. The average Bonchev–Trinajstić information content (AvgIpc) is 1.55. The van der Waals surface area contributed by atoms with Crippen LogP contribution in [0.5, 0.6) is 0 Å². The van der Waals surface area contributed by atoms with Gasteiger partial charge in [-0.25, -0.2) is 8.37 Å². The van der Waals surface area contributed by atoms with E-state index in [0.29, 0.717) is 0 Å². The van der Waals surface area contributed by atoms with Gasteiger partial charge in [0.25, 0.3) is 5.79 Å². The fourth-order valence-corrected chi connectivity index (χ4v) is 2.04.